The van der Waals surface area contributed by atoms with Crippen molar-refractivity contribution >= 4 is 5.97 Å². The molecule has 0 radical (unpaired) electrons. The van der Waals surface area contributed by atoms with Gasteiger partial charge >= 0.3 is 5.97 Å². The third-order valence-electron chi connectivity index (χ3n) is 4.28. The first-order valence-electron chi connectivity index (χ1n) is 8.70. The molecule has 138 valence electrons. The van der Waals surface area contributed by atoms with E-state index in [1.807, 2.05) is 66.7 Å². The van der Waals surface area contributed by atoms with Crippen LogP contribution >= 0.6 is 0 Å². The van der Waals surface area contributed by atoms with Gasteiger partial charge in [-0.2, -0.15) is 0 Å². The van der Waals surface area contributed by atoms with Crippen molar-refractivity contribution in [3.8, 4) is 5.75 Å². The highest BCUT2D eigenvalue weighted by Gasteiger charge is 2.22. The molecule has 4 heteroatoms. The van der Waals surface area contributed by atoms with E-state index in [-0.39, 0.29) is 6.10 Å². The lowest BCUT2D eigenvalue weighted by atomic mass is 9.96. The van der Waals surface area contributed by atoms with Crippen molar-refractivity contribution in [1.82, 2.24) is 0 Å². The Bertz CT molecular complexity index is 890. The quantitative estimate of drug-likeness (QED) is 0.448. The number of carbonyl (C=O) groups excluding carboxylic acids is 1. The molecule has 0 aliphatic rings. The van der Waals surface area contributed by atoms with Crippen molar-refractivity contribution in [2.24, 2.45) is 0 Å². The van der Waals surface area contributed by atoms with Crippen LogP contribution in [-0.4, -0.2) is 20.2 Å². The SMILES string of the molecule is COCc1ccccc1OC(=O)c1ccccc1C(OC)c1ccccc1. The third kappa shape index (κ3) is 4.42. The summed E-state index contributed by atoms with van der Waals surface area (Å²) < 4.78 is 16.6. The molecule has 3 rings (SSSR count). The van der Waals surface area contributed by atoms with Crippen LogP contribution in [0.5, 0.6) is 5.75 Å². The van der Waals surface area contributed by atoms with Crippen LogP contribution < -0.4 is 4.74 Å². The lowest BCUT2D eigenvalue weighted by Crippen LogP contribution is -2.15. The molecular weight excluding hydrogens is 340 g/mol. The van der Waals surface area contributed by atoms with Gasteiger partial charge in [0.15, 0.2) is 0 Å². The minimum atomic E-state index is -0.424. The van der Waals surface area contributed by atoms with Crippen LogP contribution in [0.4, 0.5) is 0 Å². The van der Waals surface area contributed by atoms with Crippen LogP contribution in [0.3, 0.4) is 0 Å². The van der Waals surface area contributed by atoms with Crippen molar-refractivity contribution in [1.29, 1.82) is 0 Å². The lowest BCUT2D eigenvalue weighted by molar-refractivity contribution is 0.0719. The van der Waals surface area contributed by atoms with Gasteiger partial charge in [0.25, 0.3) is 0 Å². The summed E-state index contributed by atoms with van der Waals surface area (Å²) in [6.45, 7) is 0.371. The molecule has 0 aliphatic carbocycles. The van der Waals surface area contributed by atoms with Crippen LogP contribution in [0.15, 0.2) is 78.9 Å². The second kappa shape index (κ2) is 9.12. The molecule has 0 aliphatic heterocycles. The summed E-state index contributed by atoms with van der Waals surface area (Å²) in [5.41, 5.74) is 3.03. The smallest absolute Gasteiger partial charge is 0.343 e. The Labute approximate surface area is 159 Å². The average Bonchev–Trinajstić information content (AvgIpc) is 2.71. The highest BCUT2D eigenvalue weighted by molar-refractivity contribution is 5.93. The normalized spacial score (nSPS) is 11.8. The lowest BCUT2D eigenvalue weighted by Gasteiger charge is -2.19. The Hall–Kier alpha value is -2.95. The van der Waals surface area contributed by atoms with Gasteiger partial charge in [0, 0.05) is 19.8 Å². The minimum absolute atomic E-state index is 0.357. The minimum Gasteiger partial charge on any atom is -0.423 e. The highest BCUT2D eigenvalue weighted by Crippen LogP contribution is 2.29. The average molecular weight is 362 g/mol. The van der Waals surface area contributed by atoms with Crippen molar-refractivity contribution in [3.05, 3.63) is 101 Å². The van der Waals surface area contributed by atoms with E-state index in [2.05, 4.69) is 0 Å². The molecule has 0 amide bonds. The summed E-state index contributed by atoms with van der Waals surface area (Å²) in [5, 5.41) is 0. The summed E-state index contributed by atoms with van der Waals surface area (Å²) in [4.78, 5) is 12.9. The van der Waals surface area contributed by atoms with E-state index in [0.29, 0.717) is 17.9 Å². The van der Waals surface area contributed by atoms with E-state index >= 15 is 0 Å². The summed E-state index contributed by atoms with van der Waals surface area (Å²) >= 11 is 0. The first-order valence-corrected chi connectivity index (χ1v) is 8.70. The molecule has 0 spiro atoms. The van der Waals surface area contributed by atoms with E-state index in [0.717, 1.165) is 16.7 Å². The molecular formula is C23H22O4. The van der Waals surface area contributed by atoms with Crippen LogP contribution in [0, 0.1) is 0 Å². The van der Waals surface area contributed by atoms with Crippen molar-refractivity contribution < 1.29 is 19.0 Å². The highest BCUT2D eigenvalue weighted by atomic mass is 16.5. The number of hydrogen-bond acceptors (Lipinski definition) is 4. The number of benzene rings is 3. The third-order valence-corrected chi connectivity index (χ3v) is 4.28. The number of para-hydroxylation sites is 1. The number of hydrogen-bond donors (Lipinski definition) is 0. The van der Waals surface area contributed by atoms with Gasteiger partial charge < -0.3 is 14.2 Å². The van der Waals surface area contributed by atoms with Crippen molar-refractivity contribution in [2.75, 3.05) is 14.2 Å². The first-order chi connectivity index (χ1) is 13.2. The maximum absolute atomic E-state index is 12.9. The Morgan fingerprint density at radius 2 is 1.52 bits per heavy atom. The fourth-order valence-electron chi connectivity index (χ4n) is 3.01. The first kappa shape index (κ1) is 18.8. The number of ether oxygens (including phenoxy) is 3. The van der Waals surface area contributed by atoms with Gasteiger partial charge in [-0.3, -0.25) is 0 Å². The molecule has 0 heterocycles. The Kier molecular flexibility index (Phi) is 6.36. The van der Waals surface area contributed by atoms with Crippen LogP contribution in [0.2, 0.25) is 0 Å². The van der Waals surface area contributed by atoms with E-state index in [9.17, 15) is 4.79 Å². The van der Waals surface area contributed by atoms with E-state index in [1.165, 1.54) is 0 Å². The van der Waals surface area contributed by atoms with Gasteiger partial charge in [-0.1, -0.05) is 66.7 Å². The molecule has 1 unspecified atom stereocenters. The fourth-order valence-corrected chi connectivity index (χ4v) is 3.01. The Morgan fingerprint density at radius 1 is 0.852 bits per heavy atom. The molecule has 4 nitrogen and oxygen atoms in total. The monoisotopic (exact) mass is 362 g/mol. The number of rotatable bonds is 7. The Morgan fingerprint density at radius 3 is 2.26 bits per heavy atom. The second-order valence-electron chi connectivity index (χ2n) is 6.04. The fraction of sp³-hybridized carbons (Fsp3) is 0.174. The molecule has 0 saturated carbocycles. The van der Waals surface area contributed by atoms with E-state index in [4.69, 9.17) is 14.2 Å². The largest absolute Gasteiger partial charge is 0.423 e. The maximum atomic E-state index is 12.9. The summed E-state index contributed by atoms with van der Waals surface area (Å²) in [7, 11) is 3.24. The zero-order valence-electron chi connectivity index (χ0n) is 15.4. The molecule has 0 fully saturated rings. The van der Waals surface area contributed by atoms with Gasteiger partial charge in [0.2, 0.25) is 0 Å². The summed E-state index contributed by atoms with van der Waals surface area (Å²) in [6, 6.07) is 24.5. The molecule has 27 heavy (non-hydrogen) atoms. The molecule has 1 atom stereocenters. The van der Waals surface area contributed by atoms with E-state index in [1.54, 1.807) is 26.4 Å². The zero-order valence-corrected chi connectivity index (χ0v) is 15.4. The van der Waals surface area contributed by atoms with Gasteiger partial charge in [-0.15, -0.1) is 0 Å². The molecule has 0 N–H and O–H groups in total. The number of esters is 1. The van der Waals surface area contributed by atoms with Crippen LogP contribution in [-0.2, 0) is 16.1 Å². The maximum Gasteiger partial charge on any atom is 0.343 e. The van der Waals surface area contributed by atoms with Crippen LogP contribution in [0.1, 0.15) is 33.2 Å². The summed E-state index contributed by atoms with van der Waals surface area (Å²) in [5.74, 6) is 0.0694. The predicted molar refractivity (Wildman–Crippen MR) is 104 cm³/mol. The molecule has 0 bridgehead atoms. The summed E-state index contributed by atoms with van der Waals surface area (Å²) in [6.07, 6.45) is -0.357. The predicted octanol–water partition coefficient (Wildman–Crippen LogP) is 4.79. The van der Waals surface area contributed by atoms with Crippen molar-refractivity contribution in [2.45, 2.75) is 12.7 Å². The van der Waals surface area contributed by atoms with E-state index < -0.39 is 5.97 Å². The number of methoxy groups -OCH3 is 2. The molecule has 3 aromatic carbocycles. The zero-order chi connectivity index (χ0) is 19.1. The van der Waals surface area contributed by atoms with Crippen molar-refractivity contribution in [3.63, 3.8) is 0 Å². The van der Waals surface area contributed by atoms with Crippen LogP contribution in [0.25, 0.3) is 0 Å². The molecule has 0 saturated heterocycles. The van der Waals surface area contributed by atoms with Gasteiger partial charge in [-0.05, 0) is 23.3 Å². The van der Waals surface area contributed by atoms with Gasteiger partial charge in [-0.25, -0.2) is 4.79 Å². The van der Waals surface area contributed by atoms with Gasteiger partial charge in [0.05, 0.1) is 12.2 Å². The Balaban J connectivity index is 1.93. The standard InChI is InChI=1S/C23H22O4/c1-25-16-18-12-6-9-15-21(18)27-23(24)20-14-8-7-13-19(20)22(26-2)17-10-4-3-5-11-17/h3-15,22H,16H2,1-2H3. The molecule has 0 aromatic heterocycles. The topological polar surface area (TPSA) is 44.8 Å². The van der Waals surface area contributed by atoms with Gasteiger partial charge in [0.1, 0.15) is 11.9 Å². The number of carbonyl (C=O) groups is 1. The molecule has 3 aromatic rings. The second-order valence-corrected chi connectivity index (χ2v) is 6.04.